The summed E-state index contributed by atoms with van der Waals surface area (Å²) in [4.78, 5) is 15.7. The number of methoxy groups -OCH3 is 5. The highest BCUT2D eigenvalue weighted by molar-refractivity contribution is 9.10. The van der Waals surface area contributed by atoms with Crippen molar-refractivity contribution in [3.63, 3.8) is 0 Å². The van der Waals surface area contributed by atoms with Crippen molar-refractivity contribution in [1.82, 2.24) is 19.9 Å². The van der Waals surface area contributed by atoms with Crippen LogP contribution in [0.4, 0.5) is 0 Å². The first-order chi connectivity index (χ1) is 19.7. The van der Waals surface area contributed by atoms with E-state index in [-0.39, 0.29) is 0 Å². The highest BCUT2D eigenvalue weighted by atomic mass is 79.9. The standard InChI is InChI=1S/C30H35BrN4O6/c1-35(2)11-10-30(36,19-14-25(38-4)34-26(15-19)39-5)27(23-16-21(37-3)17-32-28(23)40-6)22-13-18-12-20(31)8-9-24(18)33-29(22)41-7/h8-9,12-17,27,36H,10-11H2,1-7H3. The fourth-order valence-corrected chi connectivity index (χ4v) is 5.30. The molecule has 0 amide bonds. The predicted octanol–water partition coefficient (Wildman–Crippen LogP) is 4.80. The van der Waals surface area contributed by atoms with Gasteiger partial charge >= 0.3 is 0 Å². The summed E-state index contributed by atoms with van der Waals surface area (Å²) in [6.45, 7) is 0.536. The molecule has 10 nitrogen and oxygen atoms in total. The molecule has 0 aliphatic carbocycles. The third kappa shape index (κ3) is 6.32. The topological polar surface area (TPSA) is 108 Å². The number of benzene rings is 1. The van der Waals surface area contributed by atoms with Crippen LogP contribution >= 0.6 is 15.9 Å². The van der Waals surface area contributed by atoms with E-state index in [0.29, 0.717) is 58.9 Å². The number of nitrogens with zero attached hydrogens (tertiary/aromatic N) is 4. The molecule has 1 aromatic carbocycles. The van der Waals surface area contributed by atoms with Gasteiger partial charge in [0.2, 0.25) is 23.5 Å². The minimum absolute atomic E-state index is 0.293. The average molecular weight is 628 g/mol. The summed E-state index contributed by atoms with van der Waals surface area (Å²) in [6.07, 6.45) is 1.87. The summed E-state index contributed by atoms with van der Waals surface area (Å²) < 4.78 is 29.1. The summed E-state index contributed by atoms with van der Waals surface area (Å²) >= 11 is 3.57. The lowest BCUT2D eigenvalue weighted by atomic mass is 9.72. The molecule has 0 aliphatic heterocycles. The second kappa shape index (κ2) is 12.9. The molecule has 2 atom stereocenters. The summed E-state index contributed by atoms with van der Waals surface area (Å²) in [5.41, 5.74) is 0.880. The van der Waals surface area contributed by atoms with Crippen LogP contribution in [0.2, 0.25) is 0 Å². The number of aliphatic hydroxyl groups is 1. The van der Waals surface area contributed by atoms with Crippen LogP contribution in [0.25, 0.3) is 10.9 Å². The van der Waals surface area contributed by atoms with Crippen LogP contribution in [0.15, 0.2) is 53.1 Å². The Balaban J connectivity index is 2.14. The maximum absolute atomic E-state index is 13.1. The number of fused-ring (bicyclic) bond motifs is 1. The van der Waals surface area contributed by atoms with Gasteiger partial charge in [-0.15, -0.1) is 0 Å². The van der Waals surface area contributed by atoms with Gasteiger partial charge < -0.3 is 33.7 Å². The van der Waals surface area contributed by atoms with E-state index < -0.39 is 11.5 Å². The Bertz CT molecular complexity index is 1500. The van der Waals surface area contributed by atoms with E-state index in [1.54, 1.807) is 39.7 Å². The Labute approximate surface area is 248 Å². The molecule has 0 spiro atoms. The van der Waals surface area contributed by atoms with E-state index in [4.69, 9.17) is 28.7 Å². The smallest absolute Gasteiger partial charge is 0.217 e. The van der Waals surface area contributed by atoms with E-state index in [1.807, 2.05) is 49.3 Å². The van der Waals surface area contributed by atoms with Crippen molar-refractivity contribution in [2.45, 2.75) is 17.9 Å². The van der Waals surface area contributed by atoms with Gasteiger partial charge in [-0.2, -0.15) is 4.98 Å². The zero-order valence-corrected chi connectivity index (χ0v) is 25.9. The van der Waals surface area contributed by atoms with Crippen molar-refractivity contribution in [3.8, 4) is 29.3 Å². The molecule has 218 valence electrons. The van der Waals surface area contributed by atoms with Crippen molar-refractivity contribution < 1.29 is 28.8 Å². The van der Waals surface area contributed by atoms with Gasteiger partial charge in [0.1, 0.15) is 11.4 Å². The molecule has 0 saturated heterocycles. The van der Waals surface area contributed by atoms with E-state index in [0.717, 1.165) is 15.4 Å². The van der Waals surface area contributed by atoms with Gasteiger partial charge in [0.15, 0.2) is 0 Å². The van der Waals surface area contributed by atoms with Crippen molar-refractivity contribution in [3.05, 3.63) is 69.8 Å². The van der Waals surface area contributed by atoms with E-state index in [2.05, 4.69) is 25.9 Å². The summed E-state index contributed by atoms with van der Waals surface area (Å²) in [5, 5.41) is 13.9. The van der Waals surface area contributed by atoms with Gasteiger partial charge in [-0.05, 0) is 56.4 Å². The van der Waals surface area contributed by atoms with Gasteiger partial charge in [0.05, 0.1) is 53.2 Å². The third-order valence-corrected chi connectivity index (χ3v) is 7.48. The molecule has 41 heavy (non-hydrogen) atoms. The fraction of sp³-hybridized carbons (Fsp3) is 0.367. The van der Waals surface area contributed by atoms with Crippen LogP contribution in [0, 0.1) is 0 Å². The molecular formula is C30H35BrN4O6. The number of halogens is 1. The van der Waals surface area contributed by atoms with Crippen LogP contribution in [-0.2, 0) is 5.60 Å². The number of pyridine rings is 3. The largest absolute Gasteiger partial charge is 0.495 e. The summed E-state index contributed by atoms with van der Waals surface area (Å²) in [6, 6.07) is 13.0. The summed E-state index contributed by atoms with van der Waals surface area (Å²) in [5.74, 6) is 0.965. The molecule has 1 N–H and O–H groups in total. The normalized spacial score (nSPS) is 13.5. The van der Waals surface area contributed by atoms with Gasteiger partial charge in [-0.3, -0.25) is 0 Å². The minimum atomic E-state index is -1.59. The molecule has 3 aromatic heterocycles. The Morgan fingerprint density at radius 3 is 2.07 bits per heavy atom. The second-order valence-electron chi connectivity index (χ2n) is 9.75. The number of ether oxygens (including phenoxy) is 5. The Morgan fingerprint density at radius 2 is 1.49 bits per heavy atom. The molecule has 2 unspecified atom stereocenters. The molecule has 0 bridgehead atoms. The average Bonchev–Trinajstić information content (AvgIpc) is 2.99. The van der Waals surface area contributed by atoms with Crippen LogP contribution in [0.3, 0.4) is 0 Å². The Morgan fingerprint density at radius 1 is 0.829 bits per heavy atom. The molecule has 11 heteroatoms. The van der Waals surface area contributed by atoms with Crippen molar-refractivity contribution in [1.29, 1.82) is 0 Å². The lowest BCUT2D eigenvalue weighted by Gasteiger charge is -2.39. The molecule has 4 rings (SSSR count). The van der Waals surface area contributed by atoms with E-state index in [1.165, 1.54) is 14.2 Å². The number of rotatable bonds is 12. The molecule has 4 aromatic rings. The first-order valence-corrected chi connectivity index (χ1v) is 13.7. The lowest BCUT2D eigenvalue weighted by Crippen LogP contribution is -2.38. The number of hydrogen-bond donors (Lipinski definition) is 1. The first kappa shape index (κ1) is 30.3. The van der Waals surface area contributed by atoms with E-state index in [9.17, 15) is 5.11 Å². The molecule has 0 aliphatic rings. The number of aromatic nitrogens is 3. The van der Waals surface area contributed by atoms with Crippen molar-refractivity contribution in [2.75, 3.05) is 56.2 Å². The molecular weight excluding hydrogens is 592 g/mol. The van der Waals surface area contributed by atoms with Gasteiger partial charge in [0.25, 0.3) is 0 Å². The number of hydrogen-bond acceptors (Lipinski definition) is 10. The highest BCUT2D eigenvalue weighted by Gasteiger charge is 2.45. The predicted molar refractivity (Wildman–Crippen MR) is 160 cm³/mol. The van der Waals surface area contributed by atoms with Crippen LogP contribution < -0.4 is 23.7 Å². The van der Waals surface area contributed by atoms with Gasteiger partial charge in [0, 0.05) is 39.7 Å². The SMILES string of the molecule is COc1cnc(OC)c(C(c2cc3cc(Br)ccc3nc2OC)C(O)(CCN(C)C)c2cc(OC)nc(OC)c2)c1. The van der Waals surface area contributed by atoms with Crippen molar-refractivity contribution >= 4 is 26.8 Å². The molecule has 3 heterocycles. The molecule has 0 saturated carbocycles. The van der Waals surface area contributed by atoms with Crippen LogP contribution in [0.1, 0.15) is 29.0 Å². The second-order valence-corrected chi connectivity index (χ2v) is 10.7. The fourth-order valence-electron chi connectivity index (χ4n) is 4.93. The molecule has 0 fully saturated rings. The third-order valence-electron chi connectivity index (χ3n) is 6.98. The Hall–Kier alpha value is -3.67. The zero-order chi connectivity index (χ0) is 29.7. The maximum Gasteiger partial charge on any atom is 0.217 e. The van der Waals surface area contributed by atoms with Crippen LogP contribution in [0.5, 0.6) is 29.3 Å². The summed E-state index contributed by atoms with van der Waals surface area (Å²) in [7, 11) is 11.6. The van der Waals surface area contributed by atoms with E-state index >= 15 is 0 Å². The van der Waals surface area contributed by atoms with Gasteiger partial charge in [-0.1, -0.05) is 15.9 Å². The van der Waals surface area contributed by atoms with Crippen molar-refractivity contribution in [2.24, 2.45) is 0 Å². The van der Waals surface area contributed by atoms with Gasteiger partial charge in [-0.25, -0.2) is 9.97 Å². The minimum Gasteiger partial charge on any atom is -0.495 e. The first-order valence-electron chi connectivity index (χ1n) is 12.9. The Kier molecular flexibility index (Phi) is 9.52. The van der Waals surface area contributed by atoms with Crippen LogP contribution in [-0.4, -0.2) is 81.1 Å². The quantitative estimate of drug-likeness (QED) is 0.235. The lowest BCUT2D eigenvalue weighted by molar-refractivity contribution is 0.00254. The highest BCUT2D eigenvalue weighted by Crippen LogP contribution is 2.50. The zero-order valence-electron chi connectivity index (χ0n) is 24.3. The molecule has 0 radical (unpaired) electrons. The maximum atomic E-state index is 13.1. The monoisotopic (exact) mass is 626 g/mol.